The molecule has 0 aromatic heterocycles. The van der Waals surface area contributed by atoms with Gasteiger partial charge in [0.15, 0.2) is 0 Å². The van der Waals surface area contributed by atoms with Crippen molar-refractivity contribution in [1.29, 1.82) is 0 Å². The highest BCUT2D eigenvalue weighted by atomic mass is 16.1. The normalized spacial score (nSPS) is 24.9. The topological polar surface area (TPSA) is 41.1 Å². The van der Waals surface area contributed by atoms with Crippen molar-refractivity contribution in [2.45, 2.75) is 58.9 Å². The van der Waals surface area contributed by atoms with Gasteiger partial charge in [0.25, 0.3) is 0 Å². The molecular weight excluding hydrogens is 212 g/mol. The first-order chi connectivity index (χ1) is 8.15. The Bertz CT molecular complexity index is 228. The molecule has 1 rings (SSSR count). The molecule has 3 nitrogen and oxygen atoms in total. The number of rotatable bonds is 6. The fourth-order valence-corrected chi connectivity index (χ4v) is 2.76. The van der Waals surface area contributed by atoms with Gasteiger partial charge in [-0.15, -0.1) is 0 Å². The Morgan fingerprint density at radius 1 is 1.29 bits per heavy atom. The van der Waals surface area contributed by atoms with Gasteiger partial charge in [-0.05, 0) is 31.1 Å². The maximum Gasteiger partial charge on any atom is 0.233 e. The molecule has 2 N–H and O–H groups in total. The fraction of sp³-hybridized carbons (Fsp3) is 0.929. The van der Waals surface area contributed by atoms with Gasteiger partial charge in [0.1, 0.15) is 0 Å². The quantitative estimate of drug-likeness (QED) is 0.748. The average molecular weight is 240 g/mol. The van der Waals surface area contributed by atoms with Gasteiger partial charge in [-0.1, -0.05) is 33.6 Å². The average Bonchev–Trinajstić information content (AvgIpc) is 2.34. The van der Waals surface area contributed by atoms with E-state index in [1.165, 1.54) is 25.7 Å². The van der Waals surface area contributed by atoms with E-state index in [0.29, 0.717) is 18.5 Å². The molecule has 0 bridgehead atoms. The number of amides is 1. The van der Waals surface area contributed by atoms with Crippen LogP contribution < -0.4 is 10.6 Å². The van der Waals surface area contributed by atoms with Crippen LogP contribution in [0.25, 0.3) is 0 Å². The van der Waals surface area contributed by atoms with Crippen LogP contribution >= 0.6 is 0 Å². The lowest BCUT2D eigenvalue weighted by molar-refractivity contribution is -0.120. The highest BCUT2D eigenvalue weighted by Gasteiger charge is 2.27. The molecule has 1 fully saturated rings. The van der Waals surface area contributed by atoms with Gasteiger partial charge < -0.3 is 10.6 Å². The van der Waals surface area contributed by atoms with Crippen LogP contribution in [0, 0.1) is 11.8 Å². The summed E-state index contributed by atoms with van der Waals surface area (Å²) in [5.74, 6) is 1.59. The van der Waals surface area contributed by atoms with Crippen LogP contribution in [0.15, 0.2) is 0 Å². The van der Waals surface area contributed by atoms with Crippen molar-refractivity contribution in [2.24, 2.45) is 11.8 Å². The van der Waals surface area contributed by atoms with E-state index in [9.17, 15) is 4.79 Å². The van der Waals surface area contributed by atoms with E-state index in [0.717, 1.165) is 18.9 Å². The fourth-order valence-electron chi connectivity index (χ4n) is 2.76. The first-order valence-electron chi connectivity index (χ1n) is 7.15. The van der Waals surface area contributed by atoms with Gasteiger partial charge in [-0.3, -0.25) is 4.79 Å². The van der Waals surface area contributed by atoms with Gasteiger partial charge in [0, 0.05) is 12.6 Å². The Morgan fingerprint density at radius 3 is 2.65 bits per heavy atom. The van der Waals surface area contributed by atoms with Crippen LogP contribution in [0.4, 0.5) is 0 Å². The van der Waals surface area contributed by atoms with E-state index in [-0.39, 0.29) is 5.91 Å². The molecule has 0 spiro atoms. The van der Waals surface area contributed by atoms with Crippen LogP contribution in [0.2, 0.25) is 0 Å². The molecule has 1 amide bonds. The lowest BCUT2D eigenvalue weighted by Crippen LogP contribution is -2.45. The van der Waals surface area contributed by atoms with Gasteiger partial charge >= 0.3 is 0 Å². The SMILES string of the molecule is CCCNC(=O)CNC1CCCCC1C(C)C. The van der Waals surface area contributed by atoms with Crippen LogP contribution in [0.5, 0.6) is 0 Å². The molecule has 100 valence electrons. The Labute approximate surface area is 106 Å². The summed E-state index contributed by atoms with van der Waals surface area (Å²) in [5, 5.41) is 6.36. The lowest BCUT2D eigenvalue weighted by Gasteiger charge is -2.35. The molecule has 0 aliphatic heterocycles. The second-order valence-corrected chi connectivity index (χ2v) is 5.53. The zero-order valence-corrected chi connectivity index (χ0v) is 11.6. The molecule has 1 aliphatic rings. The van der Waals surface area contributed by atoms with Crippen LogP contribution in [-0.4, -0.2) is 25.0 Å². The summed E-state index contributed by atoms with van der Waals surface area (Å²) in [4.78, 5) is 11.5. The van der Waals surface area contributed by atoms with E-state index in [1.54, 1.807) is 0 Å². The maximum atomic E-state index is 11.5. The Balaban J connectivity index is 2.30. The molecule has 2 unspecified atom stereocenters. The number of carbonyl (C=O) groups is 1. The predicted octanol–water partition coefficient (Wildman–Crippen LogP) is 2.32. The largest absolute Gasteiger partial charge is 0.355 e. The zero-order chi connectivity index (χ0) is 12.7. The second-order valence-electron chi connectivity index (χ2n) is 5.53. The van der Waals surface area contributed by atoms with Crippen molar-refractivity contribution in [2.75, 3.05) is 13.1 Å². The molecule has 1 aliphatic carbocycles. The molecule has 3 heteroatoms. The van der Waals surface area contributed by atoms with Crippen molar-refractivity contribution in [3.63, 3.8) is 0 Å². The van der Waals surface area contributed by atoms with Gasteiger partial charge in [-0.2, -0.15) is 0 Å². The minimum atomic E-state index is 0.139. The van der Waals surface area contributed by atoms with Gasteiger partial charge in [0.05, 0.1) is 6.54 Å². The molecule has 17 heavy (non-hydrogen) atoms. The minimum absolute atomic E-state index is 0.139. The summed E-state index contributed by atoms with van der Waals surface area (Å²) in [7, 11) is 0. The summed E-state index contributed by atoms with van der Waals surface area (Å²) in [6.07, 6.45) is 6.19. The van der Waals surface area contributed by atoms with E-state index < -0.39 is 0 Å². The highest BCUT2D eigenvalue weighted by Crippen LogP contribution is 2.29. The molecule has 2 atom stereocenters. The van der Waals surface area contributed by atoms with Crippen molar-refractivity contribution in [3.05, 3.63) is 0 Å². The summed E-state index contributed by atoms with van der Waals surface area (Å²) in [6, 6.07) is 0.538. The first-order valence-corrected chi connectivity index (χ1v) is 7.15. The summed E-state index contributed by atoms with van der Waals surface area (Å²) in [5.41, 5.74) is 0. The summed E-state index contributed by atoms with van der Waals surface area (Å²) in [6.45, 7) is 7.93. The third-order valence-electron chi connectivity index (χ3n) is 3.77. The maximum absolute atomic E-state index is 11.5. The van der Waals surface area contributed by atoms with Crippen LogP contribution in [-0.2, 0) is 4.79 Å². The van der Waals surface area contributed by atoms with Crippen molar-refractivity contribution in [1.82, 2.24) is 10.6 Å². The van der Waals surface area contributed by atoms with E-state index in [4.69, 9.17) is 0 Å². The van der Waals surface area contributed by atoms with Crippen molar-refractivity contribution in [3.8, 4) is 0 Å². The third kappa shape index (κ3) is 5.07. The summed E-state index contributed by atoms with van der Waals surface area (Å²) < 4.78 is 0. The van der Waals surface area contributed by atoms with Crippen molar-refractivity contribution < 1.29 is 4.79 Å². The van der Waals surface area contributed by atoms with Gasteiger partial charge in [0.2, 0.25) is 5.91 Å². The Kier molecular flexibility index (Phi) is 6.56. The highest BCUT2D eigenvalue weighted by molar-refractivity contribution is 5.77. The smallest absolute Gasteiger partial charge is 0.233 e. The van der Waals surface area contributed by atoms with Gasteiger partial charge in [-0.25, -0.2) is 0 Å². The molecule has 0 heterocycles. The number of nitrogens with one attached hydrogen (secondary N) is 2. The number of carbonyl (C=O) groups excluding carboxylic acids is 1. The lowest BCUT2D eigenvalue weighted by atomic mass is 9.78. The zero-order valence-electron chi connectivity index (χ0n) is 11.6. The second kappa shape index (κ2) is 7.70. The molecule has 1 saturated carbocycles. The van der Waals surface area contributed by atoms with E-state index >= 15 is 0 Å². The minimum Gasteiger partial charge on any atom is -0.355 e. The Hall–Kier alpha value is -0.570. The summed E-state index contributed by atoms with van der Waals surface area (Å²) >= 11 is 0. The molecule has 0 aromatic rings. The molecule has 0 aromatic carbocycles. The predicted molar refractivity (Wildman–Crippen MR) is 71.9 cm³/mol. The van der Waals surface area contributed by atoms with Crippen molar-refractivity contribution >= 4 is 5.91 Å². The number of hydrogen-bond acceptors (Lipinski definition) is 2. The first kappa shape index (κ1) is 14.5. The third-order valence-corrected chi connectivity index (χ3v) is 3.77. The Morgan fingerprint density at radius 2 is 2.00 bits per heavy atom. The van der Waals surface area contributed by atoms with E-state index in [1.807, 2.05) is 0 Å². The van der Waals surface area contributed by atoms with Crippen LogP contribution in [0.1, 0.15) is 52.9 Å². The molecule has 0 radical (unpaired) electrons. The van der Waals surface area contributed by atoms with Crippen LogP contribution in [0.3, 0.4) is 0 Å². The monoisotopic (exact) mass is 240 g/mol. The number of hydrogen-bond donors (Lipinski definition) is 2. The molecular formula is C14H28N2O. The van der Waals surface area contributed by atoms with E-state index in [2.05, 4.69) is 31.4 Å². The molecule has 0 saturated heterocycles. The standard InChI is InChI=1S/C14H28N2O/c1-4-9-15-14(17)10-16-13-8-6-5-7-12(13)11(2)3/h11-13,16H,4-10H2,1-3H3,(H,15,17).